The largest absolute Gasteiger partial charge is 0.316 e. The van der Waals surface area contributed by atoms with Crippen molar-refractivity contribution in [3.05, 3.63) is 29.5 Å². The summed E-state index contributed by atoms with van der Waals surface area (Å²) >= 11 is 0. The Bertz CT molecular complexity index is 593. The van der Waals surface area contributed by atoms with Crippen LogP contribution in [0.4, 0.5) is 0 Å². The van der Waals surface area contributed by atoms with Gasteiger partial charge >= 0.3 is 0 Å². The smallest absolute Gasteiger partial charge is 0.0922 e. The summed E-state index contributed by atoms with van der Waals surface area (Å²) in [7, 11) is 1.96. The third kappa shape index (κ3) is 2.33. The fraction of sp³-hybridized carbons (Fsp3) is 0.533. The van der Waals surface area contributed by atoms with Gasteiger partial charge in [-0.2, -0.15) is 5.10 Å². The van der Waals surface area contributed by atoms with Crippen molar-refractivity contribution < 1.29 is 0 Å². The molecule has 5 heteroatoms. The topological polar surface area (TPSA) is 55.6 Å². The van der Waals surface area contributed by atoms with Crippen LogP contribution >= 0.6 is 0 Å². The fourth-order valence-corrected chi connectivity index (χ4v) is 2.93. The molecular formula is C15H21N5. The van der Waals surface area contributed by atoms with Crippen LogP contribution in [-0.4, -0.2) is 32.8 Å². The van der Waals surface area contributed by atoms with Crippen LogP contribution in [0.25, 0.3) is 11.3 Å². The first kappa shape index (κ1) is 13.2. The Morgan fingerprint density at radius 3 is 2.65 bits per heavy atom. The Hall–Kier alpha value is -1.75. The van der Waals surface area contributed by atoms with E-state index in [1.54, 1.807) is 0 Å². The minimum atomic E-state index is 0.501. The molecule has 0 spiro atoms. The monoisotopic (exact) mass is 271 g/mol. The molecule has 0 saturated carbocycles. The first-order valence-corrected chi connectivity index (χ1v) is 7.20. The molecule has 1 saturated heterocycles. The van der Waals surface area contributed by atoms with E-state index in [9.17, 15) is 0 Å². The molecule has 1 unspecified atom stereocenters. The lowest BCUT2D eigenvalue weighted by Crippen LogP contribution is -2.28. The maximum absolute atomic E-state index is 4.63. The van der Waals surface area contributed by atoms with E-state index in [1.165, 1.54) is 12.8 Å². The van der Waals surface area contributed by atoms with Gasteiger partial charge in [0.2, 0.25) is 0 Å². The number of aryl methyl sites for hydroxylation is 2. The summed E-state index contributed by atoms with van der Waals surface area (Å²) in [6.45, 7) is 6.22. The second-order valence-corrected chi connectivity index (χ2v) is 5.54. The van der Waals surface area contributed by atoms with Crippen LogP contribution in [0, 0.1) is 13.8 Å². The highest BCUT2D eigenvalue weighted by Crippen LogP contribution is 2.26. The molecule has 106 valence electrons. The molecule has 3 rings (SSSR count). The highest BCUT2D eigenvalue weighted by molar-refractivity contribution is 5.63. The molecule has 2 aromatic rings. The van der Waals surface area contributed by atoms with Crippen molar-refractivity contribution in [2.45, 2.75) is 32.6 Å². The molecule has 1 fully saturated rings. The maximum atomic E-state index is 4.63. The molecule has 0 radical (unpaired) electrons. The number of hydrogen-bond donors (Lipinski definition) is 1. The van der Waals surface area contributed by atoms with Crippen LogP contribution in [0.15, 0.2) is 12.4 Å². The molecule has 5 nitrogen and oxygen atoms in total. The molecule has 0 bridgehead atoms. The van der Waals surface area contributed by atoms with Crippen molar-refractivity contribution in [1.29, 1.82) is 0 Å². The van der Waals surface area contributed by atoms with Crippen LogP contribution in [0.2, 0.25) is 0 Å². The van der Waals surface area contributed by atoms with Crippen molar-refractivity contribution in [2.24, 2.45) is 7.05 Å². The predicted molar refractivity (Wildman–Crippen MR) is 78.6 cm³/mol. The van der Waals surface area contributed by atoms with Crippen LogP contribution < -0.4 is 5.32 Å². The van der Waals surface area contributed by atoms with Crippen molar-refractivity contribution >= 4 is 0 Å². The molecule has 1 aliphatic heterocycles. The highest BCUT2D eigenvalue weighted by atomic mass is 15.3. The molecule has 1 atom stereocenters. The zero-order valence-electron chi connectivity index (χ0n) is 12.3. The van der Waals surface area contributed by atoms with Gasteiger partial charge in [-0.25, -0.2) is 0 Å². The lowest BCUT2D eigenvalue weighted by molar-refractivity contribution is 0.454. The van der Waals surface area contributed by atoms with Gasteiger partial charge in [-0.05, 0) is 33.2 Å². The van der Waals surface area contributed by atoms with E-state index in [4.69, 9.17) is 0 Å². The molecule has 0 amide bonds. The van der Waals surface area contributed by atoms with Gasteiger partial charge in [-0.3, -0.25) is 14.6 Å². The van der Waals surface area contributed by atoms with E-state index in [2.05, 4.69) is 27.3 Å². The summed E-state index contributed by atoms with van der Waals surface area (Å²) in [4.78, 5) is 9.25. The van der Waals surface area contributed by atoms with Gasteiger partial charge in [0.1, 0.15) is 0 Å². The van der Waals surface area contributed by atoms with Crippen LogP contribution in [0.1, 0.15) is 35.8 Å². The maximum Gasteiger partial charge on any atom is 0.0922 e. The van der Waals surface area contributed by atoms with Gasteiger partial charge in [0.25, 0.3) is 0 Å². The van der Waals surface area contributed by atoms with Crippen LogP contribution in [0.5, 0.6) is 0 Å². The van der Waals surface area contributed by atoms with Crippen molar-refractivity contribution in [2.75, 3.05) is 13.1 Å². The third-order valence-corrected chi connectivity index (χ3v) is 4.15. The minimum Gasteiger partial charge on any atom is -0.316 e. The second kappa shape index (κ2) is 5.32. The molecule has 20 heavy (non-hydrogen) atoms. The molecule has 0 aromatic carbocycles. The number of nitrogens with one attached hydrogen (secondary N) is 1. The Morgan fingerprint density at radius 2 is 2.10 bits per heavy atom. The Labute approximate surface area is 119 Å². The molecule has 1 aliphatic rings. The number of nitrogens with zero attached hydrogens (tertiary/aromatic N) is 4. The molecule has 2 aromatic heterocycles. The van der Waals surface area contributed by atoms with Gasteiger partial charge in [0.15, 0.2) is 0 Å². The normalized spacial score (nSPS) is 19.2. The first-order chi connectivity index (χ1) is 9.66. The summed E-state index contributed by atoms with van der Waals surface area (Å²) < 4.78 is 1.89. The summed E-state index contributed by atoms with van der Waals surface area (Å²) in [6, 6.07) is 0. The van der Waals surface area contributed by atoms with E-state index in [0.29, 0.717) is 5.92 Å². The van der Waals surface area contributed by atoms with Crippen LogP contribution in [0.3, 0.4) is 0 Å². The number of aromatic nitrogens is 4. The summed E-state index contributed by atoms with van der Waals surface area (Å²) in [5, 5.41) is 7.86. The average molecular weight is 271 g/mol. The highest BCUT2D eigenvalue weighted by Gasteiger charge is 2.18. The van der Waals surface area contributed by atoms with Gasteiger partial charge in [-0.15, -0.1) is 0 Å². The molecular weight excluding hydrogens is 250 g/mol. The van der Waals surface area contributed by atoms with E-state index < -0.39 is 0 Å². The van der Waals surface area contributed by atoms with Gasteiger partial charge in [0, 0.05) is 37.0 Å². The zero-order valence-corrected chi connectivity index (χ0v) is 12.3. The SMILES string of the molecule is Cc1nn(C)c(C)c1-c1cnc(C2CCCNC2)cn1. The Kier molecular flexibility index (Phi) is 3.53. The zero-order chi connectivity index (χ0) is 14.1. The quantitative estimate of drug-likeness (QED) is 0.907. The molecule has 1 N–H and O–H groups in total. The first-order valence-electron chi connectivity index (χ1n) is 7.20. The van der Waals surface area contributed by atoms with E-state index in [0.717, 1.165) is 41.4 Å². The number of rotatable bonds is 2. The van der Waals surface area contributed by atoms with Crippen molar-refractivity contribution in [3.8, 4) is 11.3 Å². The number of hydrogen-bond acceptors (Lipinski definition) is 4. The van der Waals surface area contributed by atoms with E-state index >= 15 is 0 Å². The molecule has 0 aliphatic carbocycles. The summed E-state index contributed by atoms with van der Waals surface area (Å²) in [6.07, 6.45) is 6.24. The number of piperidine rings is 1. The predicted octanol–water partition coefficient (Wildman–Crippen LogP) is 1.96. The fourth-order valence-electron chi connectivity index (χ4n) is 2.93. The lowest BCUT2D eigenvalue weighted by Gasteiger charge is -2.21. The minimum absolute atomic E-state index is 0.501. The van der Waals surface area contributed by atoms with Gasteiger partial charge in [0.05, 0.1) is 23.3 Å². The molecule has 3 heterocycles. The Balaban J connectivity index is 1.89. The van der Waals surface area contributed by atoms with Crippen LogP contribution in [-0.2, 0) is 7.05 Å². The van der Waals surface area contributed by atoms with Crippen molar-refractivity contribution in [1.82, 2.24) is 25.1 Å². The summed E-state index contributed by atoms with van der Waals surface area (Å²) in [5.41, 5.74) is 5.25. The lowest BCUT2D eigenvalue weighted by atomic mass is 9.96. The van der Waals surface area contributed by atoms with Gasteiger partial charge < -0.3 is 5.32 Å². The van der Waals surface area contributed by atoms with Crippen molar-refractivity contribution in [3.63, 3.8) is 0 Å². The van der Waals surface area contributed by atoms with E-state index in [1.807, 2.05) is 31.0 Å². The van der Waals surface area contributed by atoms with E-state index in [-0.39, 0.29) is 0 Å². The second-order valence-electron chi connectivity index (χ2n) is 5.54. The van der Waals surface area contributed by atoms with Gasteiger partial charge in [-0.1, -0.05) is 0 Å². The Morgan fingerprint density at radius 1 is 1.25 bits per heavy atom. The third-order valence-electron chi connectivity index (χ3n) is 4.15. The standard InChI is InChI=1S/C15H21N5/c1-10-15(11(2)20(3)19-10)14-9-17-13(8-18-14)12-5-4-6-16-7-12/h8-9,12,16H,4-7H2,1-3H3. The summed E-state index contributed by atoms with van der Waals surface area (Å²) in [5.74, 6) is 0.501. The average Bonchev–Trinajstić information content (AvgIpc) is 2.73.